The molecule has 0 saturated carbocycles. The third kappa shape index (κ3) is 2.35. The molecule has 0 aliphatic carbocycles. The lowest BCUT2D eigenvalue weighted by atomic mass is 10.3. The number of benzene rings is 1. The third-order valence-corrected chi connectivity index (χ3v) is 5.84. The van der Waals surface area contributed by atoms with E-state index in [0.717, 1.165) is 0 Å². The smallest absolute Gasteiger partial charge is 0.176 e. The lowest BCUT2D eigenvalue weighted by molar-refractivity contribution is 0.952. The van der Waals surface area contributed by atoms with Crippen molar-refractivity contribution in [3.63, 3.8) is 0 Å². The molecule has 2 aromatic rings. The van der Waals surface area contributed by atoms with Gasteiger partial charge in [0, 0.05) is 28.3 Å². The minimum absolute atomic E-state index is 0.403. The van der Waals surface area contributed by atoms with Crippen LogP contribution in [0.5, 0.6) is 0 Å². The first-order chi connectivity index (χ1) is 8.69. The van der Waals surface area contributed by atoms with Gasteiger partial charge in [-0.15, -0.1) is 0 Å². The fourth-order valence-corrected chi connectivity index (χ4v) is 4.39. The molecule has 2 heteroatoms. The van der Waals surface area contributed by atoms with Crippen LogP contribution in [-0.2, 0) is 10.9 Å². The Labute approximate surface area is 113 Å². The average Bonchev–Trinajstić information content (AvgIpc) is 2.68. The normalized spacial score (nSPS) is 11.2. The first-order valence-electron chi connectivity index (χ1n) is 6.60. The van der Waals surface area contributed by atoms with E-state index in [1.807, 2.05) is 0 Å². The maximum atomic E-state index is 2.38. The Bertz CT molecular complexity index is 509. The molecule has 1 nitrogen and oxygen atoms in total. The van der Waals surface area contributed by atoms with Gasteiger partial charge in [0.2, 0.25) is 0 Å². The summed E-state index contributed by atoms with van der Waals surface area (Å²) in [6, 6.07) is 13.0. The van der Waals surface area contributed by atoms with Crippen LogP contribution in [0.1, 0.15) is 25.2 Å². The molecule has 1 aromatic carbocycles. The lowest BCUT2D eigenvalue weighted by Crippen LogP contribution is -2.09. The van der Waals surface area contributed by atoms with Gasteiger partial charge < -0.3 is 4.57 Å². The van der Waals surface area contributed by atoms with Crippen molar-refractivity contribution >= 4 is 10.9 Å². The molecule has 0 unspecified atom stereocenters. The van der Waals surface area contributed by atoms with Gasteiger partial charge in [-0.1, -0.05) is 18.2 Å². The summed E-state index contributed by atoms with van der Waals surface area (Å²) in [5.41, 5.74) is 4.02. The molecule has 0 N–H and O–H groups in total. The molecular weight excluding hydrogens is 238 g/mol. The van der Waals surface area contributed by atoms with E-state index in [9.17, 15) is 0 Å². The molecule has 1 heterocycles. The van der Waals surface area contributed by atoms with Crippen LogP contribution in [-0.4, -0.2) is 16.1 Å². The Hall–Kier alpha value is -1.15. The van der Waals surface area contributed by atoms with Gasteiger partial charge in [-0.05, 0) is 39.8 Å². The molecule has 0 radical (unpaired) electrons. The maximum Gasteiger partial charge on any atom is 0.176 e. The summed E-state index contributed by atoms with van der Waals surface area (Å²) < 4.78 is 2.38. The minimum atomic E-state index is 0.403. The number of aryl methyl sites for hydroxylation is 1. The highest BCUT2D eigenvalue weighted by molar-refractivity contribution is 7.96. The van der Waals surface area contributed by atoms with E-state index in [1.165, 1.54) is 28.6 Å². The second-order valence-corrected chi connectivity index (χ2v) is 7.06. The van der Waals surface area contributed by atoms with E-state index < -0.39 is 0 Å². The fraction of sp³-hybridized carbons (Fsp3) is 0.375. The van der Waals surface area contributed by atoms with Crippen LogP contribution in [0.15, 0.2) is 41.3 Å². The molecule has 1 aromatic heterocycles. The van der Waals surface area contributed by atoms with Gasteiger partial charge in [0.05, 0.1) is 5.69 Å². The number of hydrogen-bond donors (Lipinski definition) is 0. The van der Waals surface area contributed by atoms with Crippen LogP contribution < -0.4 is 0 Å². The van der Waals surface area contributed by atoms with Crippen molar-refractivity contribution < 1.29 is 0 Å². The highest BCUT2D eigenvalue weighted by Crippen LogP contribution is 2.26. The second-order valence-electron chi connectivity index (χ2n) is 4.48. The molecule has 0 bridgehead atoms. The third-order valence-electron chi connectivity index (χ3n) is 3.41. The van der Waals surface area contributed by atoms with E-state index >= 15 is 0 Å². The first-order valence-corrected chi connectivity index (χ1v) is 8.17. The van der Waals surface area contributed by atoms with Gasteiger partial charge in [-0.3, -0.25) is 0 Å². The molecule has 18 heavy (non-hydrogen) atoms. The van der Waals surface area contributed by atoms with Crippen molar-refractivity contribution in [1.29, 1.82) is 0 Å². The SMILES string of the molecule is CC[S+](CC)c1cc(C)n(-c2ccccc2)c1C. The van der Waals surface area contributed by atoms with Gasteiger partial charge in [0.15, 0.2) is 4.90 Å². The Kier molecular flexibility index (Phi) is 4.18. The number of para-hydroxylation sites is 1. The van der Waals surface area contributed by atoms with E-state index in [-0.39, 0.29) is 0 Å². The van der Waals surface area contributed by atoms with Crippen LogP contribution in [0.25, 0.3) is 5.69 Å². The van der Waals surface area contributed by atoms with Crippen molar-refractivity contribution in [2.75, 3.05) is 11.5 Å². The summed E-state index contributed by atoms with van der Waals surface area (Å²) in [5.74, 6) is 2.49. The van der Waals surface area contributed by atoms with Gasteiger partial charge in [-0.2, -0.15) is 0 Å². The molecule has 0 fully saturated rings. The van der Waals surface area contributed by atoms with E-state index in [0.29, 0.717) is 10.9 Å². The highest BCUT2D eigenvalue weighted by atomic mass is 32.2. The van der Waals surface area contributed by atoms with Crippen LogP contribution >= 0.6 is 0 Å². The predicted octanol–water partition coefficient (Wildman–Crippen LogP) is 4.11. The van der Waals surface area contributed by atoms with E-state index in [4.69, 9.17) is 0 Å². The fourth-order valence-electron chi connectivity index (χ4n) is 2.52. The molecule has 2 rings (SSSR count). The monoisotopic (exact) mass is 260 g/mol. The molecular formula is C16H22NS+. The van der Waals surface area contributed by atoms with Gasteiger partial charge in [0.25, 0.3) is 0 Å². The molecule has 0 saturated heterocycles. The van der Waals surface area contributed by atoms with Crippen LogP contribution in [0.2, 0.25) is 0 Å². The zero-order valence-corrected chi connectivity index (χ0v) is 12.6. The first kappa shape index (κ1) is 13.3. The van der Waals surface area contributed by atoms with Gasteiger partial charge in [-0.25, -0.2) is 0 Å². The predicted molar refractivity (Wildman–Crippen MR) is 82.0 cm³/mol. The zero-order valence-electron chi connectivity index (χ0n) is 11.7. The van der Waals surface area contributed by atoms with Crippen molar-refractivity contribution in [2.24, 2.45) is 0 Å². The van der Waals surface area contributed by atoms with Crippen molar-refractivity contribution in [2.45, 2.75) is 32.6 Å². The Morgan fingerprint density at radius 2 is 1.61 bits per heavy atom. The number of nitrogens with zero attached hydrogens (tertiary/aromatic N) is 1. The Morgan fingerprint density at radius 1 is 1.00 bits per heavy atom. The zero-order chi connectivity index (χ0) is 13.1. The highest BCUT2D eigenvalue weighted by Gasteiger charge is 2.24. The molecule has 0 aliphatic heterocycles. The van der Waals surface area contributed by atoms with Gasteiger partial charge >= 0.3 is 0 Å². The van der Waals surface area contributed by atoms with Crippen LogP contribution in [0.4, 0.5) is 0 Å². The van der Waals surface area contributed by atoms with Crippen molar-refractivity contribution in [3.8, 4) is 5.69 Å². The summed E-state index contributed by atoms with van der Waals surface area (Å²) in [4.78, 5) is 1.54. The van der Waals surface area contributed by atoms with Crippen molar-refractivity contribution in [1.82, 2.24) is 4.57 Å². The molecule has 0 aliphatic rings. The van der Waals surface area contributed by atoms with E-state index in [2.05, 4.69) is 68.7 Å². The minimum Gasteiger partial charge on any atom is -0.313 e. The summed E-state index contributed by atoms with van der Waals surface area (Å²) in [6.07, 6.45) is 0. The standard InChI is InChI=1S/C16H22NS/c1-5-18(6-2)16-12-13(3)17(14(16)4)15-10-8-7-9-11-15/h7-12H,5-6H2,1-4H3/q+1. The quantitative estimate of drug-likeness (QED) is 0.729. The molecule has 96 valence electrons. The topological polar surface area (TPSA) is 4.93 Å². The number of hydrogen-bond acceptors (Lipinski definition) is 0. The Balaban J connectivity index is 2.51. The van der Waals surface area contributed by atoms with Crippen LogP contribution in [0, 0.1) is 13.8 Å². The molecule has 0 amide bonds. The molecule has 0 spiro atoms. The van der Waals surface area contributed by atoms with E-state index in [1.54, 1.807) is 4.90 Å². The van der Waals surface area contributed by atoms with Gasteiger partial charge in [0.1, 0.15) is 11.5 Å². The average molecular weight is 260 g/mol. The summed E-state index contributed by atoms with van der Waals surface area (Å²) >= 11 is 0. The summed E-state index contributed by atoms with van der Waals surface area (Å²) in [6.45, 7) is 9.04. The summed E-state index contributed by atoms with van der Waals surface area (Å²) in [7, 11) is 0.403. The van der Waals surface area contributed by atoms with Crippen molar-refractivity contribution in [3.05, 3.63) is 47.8 Å². The maximum absolute atomic E-state index is 2.38. The largest absolute Gasteiger partial charge is 0.313 e. The Morgan fingerprint density at radius 3 is 2.17 bits per heavy atom. The number of rotatable bonds is 4. The molecule has 0 atom stereocenters. The second kappa shape index (κ2) is 5.66. The van der Waals surface area contributed by atoms with Crippen LogP contribution in [0.3, 0.4) is 0 Å². The number of aromatic nitrogens is 1. The lowest BCUT2D eigenvalue weighted by Gasteiger charge is -2.09. The summed E-state index contributed by atoms with van der Waals surface area (Å²) in [5, 5.41) is 0.